The number of hydrogen-bond donors (Lipinski definition) is 2. The van der Waals surface area contributed by atoms with Gasteiger partial charge in [0.1, 0.15) is 17.4 Å². The SMILES string of the molecule is Cc1cc(NC(C)c2cc(F)ccc2F)c(C)cc1O. The number of rotatable bonds is 3. The predicted octanol–water partition coefficient (Wildman–Crippen LogP) is 4.46. The molecule has 1 atom stereocenters. The minimum absolute atomic E-state index is 0.220. The van der Waals surface area contributed by atoms with Gasteiger partial charge in [-0.25, -0.2) is 8.78 Å². The Morgan fingerprint density at radius 1 is 1.05 bits per heavy atom. The maximum atomic E-state index is 13.7. The van der Waals surface area contributed by atoms with Gasteiger partial charge in [-0.05, 0) is 62.2 Å². The predicted molar refractivity (Wildman–Crippen MR) is 76.0 cm³/mol. The summed E-state index contributed by atoms with van der Waals surface area (Å²) < 4.78 is 26.9. The van der Waals surface area contributed by atoms with E-state index in [0.717, 1.165) is 28.9 Å². The van der Waals surface area contributed by atoms with Crippen molar-refractivity contribution >= 4 is 5.69 Å². The summed E-state index contributed by atoms with van der Waals surface area (Å²) in [5.41, 5.74) is 2.63. The van der Waals surface area contributed by atoms with E-state index in [-0.39, 0.29) is 17.4 Å². The van der Waals surface area contributed by atoms with Gasteiger partial charge >= 0.3 is 0 Å². The van der Waals surface area contributed by atoms with Crippen LogP contribution in [0.5, 0.6) is 5.75 Å². The highest BCUT2D eigenvalue weighted by molar-refractivity contribution is 5.57. The summed E-state index contributed by atoms with van der Waals surface area (Å²) >= 11 is 0. The Morgan fingerprint density at radius 3 is 2.45 bits per heavy atom. The lowest BCUT2D eigenvalue weighted by Gasteiger charge is -2.19. The summed E-state index contributed by atoms with van der Waals surface area (Å²) in [5, 5.41) is 12.8. The molecule has 2 nitrogen and oxygen atoms in total. The number of phenols is 1. The molecular formula is C16H17F2NO. The van der Waals surface area contributed by atoms with Gasteiger partial charge in [0.2, 0.25) is 0 Å². The summed E-state index contributed by atoms with van der Waals surface area (Å²) in [4.78, 5) is 0. The number of nitrogens with one attached hydrogen (secondary N) is 1. The van der Waals surface area contributed by atoms with Crippen molar-refractivity contribution in [3.8, 4) is 5.75 Å². The summed E-state index contributed by atoms with van der Waals surface area (Å²) in [6, 6.07) is 6.47. The van der Waals surface area contributed by atoms with Gasteiger partial charge in [0.15, 0.2) is 0 Å². The van der Waals surface area contributed by atoms with Gasteiger partial charge in [0.05, 0.1) is 6.04 Å². The molecule has 0 aromatic heterocycles. The first kappa shape index (κ1) is 14.3. The van der Waals surface area contributed by atoms with Crippen molar-refractivity contribution < 1.29 is 13.9 Å². The van der Waals surface area contributed by atoms with Crippen LogP contribution in [-0.4, -0.2) is 5.11 Å². The third kappa shape index (κ3) is 2.90. The number of benzene rings is 2. The van der Waals surface area contributed by atoms with Crippen LogP contribution in [0.1, 0.15) is 29.7 Å². The van der Waals surface area contributed by atoms with Crippen LogP contribution >= 0.6 is 0 Å². The summed E-state index contributed by atoms with van der Waals surface area (Å²) in [6.45, 7) is 5.39. The first-order valence-corrected chi connectivity index (χ1v) is 6.40. The number of halogens is 2. The zero-order valence-corrected chi connectivity index (χ0v) is 11.7. The zero-order valence-electron chi connectivity index (χ0n) is 11.7. The lowest BCUT2D eigenvalue weighted by Crippen LogP contribution is -2.10. The third-order valence-electron chi connectivity index (χ3n) is 3.34. The molecule has 0 saturated carbocycles. The van der Waals surface area contributed by atoms with Crippen LogP contribution in [0.25, 0.3) is 0 Å². The molecule has 0 fully saturated rings. The molecule has 0 spiro atoms. The number of aryl methyl sites for hydroxylation is 2. The van der Waals surface area contributed by atoms with Crippen molar-refractivity contribution in [2.75, 3.05) is 5.32 Å². The van der Waals surface area contributed by atoms with Gasteiger partial charge in [0.25, 0.3) is 0 Å². The van der Waals surface area contributed by atoms with E-state index in [9.17, 15) is 13.9 Å². The Balaban J connectivity index is 2.30. The van der Waals surface area contributed by atoms with Crippen LogP contribution in [0.15, 0.2) is 30.3 Å². The zero-order chi connectivity index (χ0) is 14.9. The molecule has 0 radical (unpaired) electrons. The molecule has 0 saturated heterocycles. The standard InChI is InChI=1S/C16H17F2NO/c1-9-7-16(20)10(2)6-15(9)19-11(3)13-8-12(17)4-5-14(13)18/h4-8,11,19-20H,1-3H3. The van der Waals surface area contributed by atoms with Gasteiger partial charge in [-0.3, -0.25) is 0 Å². The number of hydrogen-bond acceptors (Lipinski definition) is 2. The van der Waals surface area contributed by atoms with Crippen LogP contribution < -0.4 is 5.32 Å². The van der Waals surface area contributed by atoms with E-state index in [2.05, 4.69) is 5.32 Å². The van der Waals surface area contributed by atoms with Crippen molar-refractivity contribution in [1.82, 2.24) is 0 Å². The Hall–Kier alpha value is -2.10. The molecule has 0 aliphatic heterocycles. The van der Waals surface area contributed by atoms with Crippen LogP contribution in [0.3, 0.4) is 0 Å². The molecule has 0 heterocycles. The lowest BCUT2D eigenvalue weighted by molar-refractivity contribution is 0.470. The molecule has 2 aromatic carbocycles. The van der Waals surface area contributed by atoms with Crippen molar-refractivity contribution in [3.63, 3.8) is 0 Å². The van der Waals surface area contributed by atoms with Gasteiger partial charge in [-0.1, -0.05) is 0 Å². The summed E-state index contributed by atoms with van der Waals surface area (Å²) in [7, 11) is 0. The van der Waals surface area contributed by atoms with Crippen LogP contribution in [-0.2, 0) is 0 Å². The third-order valence-corrected chi connectivity index (χ3v) is 3.34. The van der Waals surface area contributed by atoms with Crippen molar-refractivity contribution in [3.05, 3.63) is 58.7 Å². The quantitative estimate of drug-likeness (QED) is 0.812. The first-order chi connectivity index (χ1) is 9.38. The average molecular weight is 277 g/mol. The second-order valence-corrected chi connectivity index (χ2v) is 4.99. The Labute approximate surface area is 117 Å². The average Bonchev–Trinajstić information content (AvgIpc) is 2.38. The molecular weight excluding hydrogens is 260 g/mol. The fourth-order valence-electron chi connectivity index (χ4n) is 2.11. The van der Waals surface area contributed by atoms with E-state index in [4.69, 9.17) is 0 Å². The van der Waals surface area contributed by atoms with Crippen molar-refractivity contribution in [1.29, 1.82) is 0 Å². The minimum atomic E-state index is -0.464. The van der Waals surface area contributed by atoms with Gasteiger partial charge in [0, 0.05) is 11.3 Å². The second-order valence-electron chi connectivity index (χ2n) is 4.99. The topological polar surface area (TPSA) is 32.3 Å². The Bertz CT molecular complexity index is 641. The molecule has 2 rings (SSSR count). The highest BCUT2D eigenvalue weighted by Gasteiger charge is 2.13. The van der Waals surface area contributed by atoms with Crippen molar-refractivity contribution in [2.45, 2.75) is 26.8 Å². The molecule has 1 unspecified atom stereocenters. The van der Waals surface area contributed by atoms with Crippen LogP contribution in [0.4, 0.5) is 14.5 Å². The lowest BCUT2D eigenvalue weighted by atomic mass is 10.0. The van der Waals surface area contributed by atoms with Gasteiger partial charge in [-0.2, -0.15) is 0 Å². The molecule has 20 heavy (non-hydrogen) atoms. The Kier molecular flexibility index (Phi) is 3.93. The van der Waals surface area contributed by atoms with E-state index >= 15 is 0 Å². The second kappa shape index (κ2) is 5.49. The minimum Gasteiger partial charge on any atom is -0.508 e. The highest BCUT2D eigenvalue weighted by Crippen LogP contribution is 2.29. The maximum Gasteiger partial charge on any atom is 0.128 e. The van der Waals surface area contributed by atoms with E-state index in [0.29, 0.717) is 0 Å². The monoisotopic (exact) mass is 277 g/mol. The number of phenolic OH excluding ortho intramolecular Hbond substituents is 1. The molecule has 4 heteroatoms. The summed E-state index contributed by atoms with van der Waals surface area (Å²) in [5.74, 6) is -0.689. The van der Waals surface area contributed by atoms with E-state index < -0.39 is 11.6 Å². The summed E-state index contributed by atoms with van der Waals surface area (Å²) in [6.07, 6.45) is 0. The van der Waals surface area contributed by atoms with E-state index in [1.54, 1.807) is 26.0 Å². The molecule has 0 aliphatic carbocycles. The largest absolute Gasteiger partial charge is 0.508 e. The van der Waals surface area contributed by atoms with Crippen molar-refractivity contribution in [2.24, 2.45) is 0 Å². The van der Waals surface area contributed by atoms with E-state index in [1.165, 1.54) is 6.07 Å². The molecule has 2 aromatic rings. The fourth-order valence-corrected chi connectivity index (χ4v) is 2.11. The molecule has 2 N–H and O–H groups in total. The smallest absolute Gasteiger partial charge is 0.128 e. The fraction of sp³-hybridized carbons (Fsp3) is 0.250. The van der Waals surface area contributed by atoms with Crippen LogP contribution in [0, 0.1) is 25.5 Å². The number of anilines is 1. The highest BCUT2D eigenvalue weighted by atomic mass is 19.1. The van der Waals surface area contributed by atoms with Crippen LogP contribution in [0.2, 0.25) is 0 Å². The number of aromatic hydroxyl groups is 1. The Morgan fingerprint density at radius 2 is 1.75 bits per heavy atom. The molecule has 0 bridgehead atoms. The molecule has 0 amide bonds. The molecule has 0 aliphatic rings. The maximum absolute atomic E-state index is 13.7. The van der Waals surface area contributed by atoms with E-state index in [1.807, 2.05) is 6.92 Å². The van der Waals surface area contributed by atoms with Gasteiger partial charge < -0.3 is 10.4 Å². The van der Waals surface area contributed by atoms with Gasteiger partial charge in [-0.15, -0.1) is 0 Å². The normalized spacial score (nSPS) is 12.2. The first-order valence-electron chi connectivity index (χ1n) is 6.40. The molecule has 106 valence electrons.